The minimum absolute atomic E-state index is 0.0241. The third kappa shape index (κ3) is 3.44. The van der Waals surface area contributed by atoms with Gasteiger partial charge in [0.1, 0.15) is 0 Å². The van der Waals surface area contributed by atoms with Gasteiger partial charge in [-0.25, -0.2) is 4.79 Å². The van der Waals surface area contributed by atoms with Crippen LogP contribution in [0.1, 0.15) is 12.8 Å². The lowest BCUT2D eigenvalue weighted by Crippen LogP contribution is -2.36. The molecule has 0 spiro atoms. The molecule has 4 atom stereocenters. The van der Waals surface area contributed by atoms with Crippen molar-refractivity contribution in [3.63, 3.8) is 0 Å². The normalized spacial score (nSPS) is 29.7. The largest absolute Gasteiger partial charge is 0.462 e. The molecule has 4 unspecified atom stereocenters. The van der Waals surface area contributed by atoms with E-state index in [0.717, 1.165) is 16.5 Å². The first-order chi connectivity index (χ1) is 12.2. The summed E-state index contributed by atoms with van der Waals surface area (Å²) in [6.45, 7) is 3.37. The Morgan fingerprint density at radius 3 is 2.69 bits per heavy atom. The predicted molar refractivity (Wildman–Crippen MR) is 87.2 cm³/mol. The second kappa shape index (κ2) is 6.93. The van der Waals surface area contributed by atoms with Crippen LogP contribution in [0.3, 0.4) is 0 Å². The fraction of sp³-hybridized carbons (Fsp3) is 0.562. The molecule has 10 heteroatoms. The summed E-state index contributed by atoms with van der Waals surface area (Å²) in [7, 11) is -4.14. The van der Waals surface area contributed by atoms with Crippen LogP contribution in [0, 0.1) is 11.8 Å². The van der Waals surface area contributed by atoms with Gasteiger partial charge in [0.15, 0.2) is 0 Å². The van der Waals surface area contributed by atoms with Crippen LogP contribution in [-0.4, -0.2) is 66.8 Å². The number of hydrogen-bond donors (Lipinski definition) is 1. The zero-order valence-corrected chi connectivity index (χ0v) is 14.7. The lowest BCUT2D eigenvalue weighted by Gasteiger charge is -2.19. The third-order valence-electron chi connectivity index (χ3n) is 4.80. The minimum Gasteiger partial charge on any atom is -0.462 e. The number of carbonyl (C=O) groups excluding carboxylic acids is 3. The number of carbonyl (C=O) groups is 3. The molecule has 0 saturated carbocycles. The number of ether oxygens (including phenoxy) is 2. The molecule has 0 aromatic heterocycles. The van der Waals surface area contributed by atoms with Crippen molar-refractivity contribution >= 4 is 27.9 Å². The highest BCUT2D eigenvalue weighted by molar-refractivity contribution is 7.85. The first-order valence-corrected chi connectivity index (χ1v) is 9.79. The molecule has 9 nitrogen and oxygen atoms in total. The maximum absolute atomic E-state index is 12.6. The Bertz CT molecular complexity index is 786. The Morgan fingerprint density at radius 1 is 1.35 bits per heavy atom. The predicted octanol–water partition coefficient (Wildman–Crippen LogP) is -0.308. The SMILES string of the molecule is C=CC(=O)OCCC1=CC2OC1C1C(=O)N(CCCS(=O)(=O)O)C(=O)C21. The minimum atomic E-state index is -4.14. The number of hydrogen-bond acceptors (Lipinski definition) is 7. The van der Waals surface area contributed by atoms with E-state index in [0.29, 0.717) is 6.42 Å². The van der Waals surface area contributed by atoms with E-state index >= 15 is 0 Å². The van der Waals surface area contributed by atoms with Gasteiger partial charge in [0.25, 0.3) is 10.1 Å². The van der Waals surface area contributed by atoms with E-state index in [9.17, 15) is 22.8 Å². The summed E-state index contributed by atoms with van der Waals surface area (Å²) in [6.07, 6.45) is 2.19. The van der Waals surface area contributed by atoms with Crippen LogP contribution in [0.4, 0.5) is 0 Å². The van der Waals surface area contributed by atoms with Gasteiger partial charge in [-0.3, -0.25) is 19.0 Å². The summed E-state index contributed by atoms with van der Waals surface area (Å²) < 4.78 is 41.0. The Labute approximate surface area is 150 Å². The average molecular weight is 385 g/mol. The first kappa shape index (κ1) is 18.7. The smallest absolute Gasteiger partial charge is 0.330 e. The van der Waals surface area contributed by atoms with E-state index in [2.05, 4.69) is 6.58 Å². The molecular formula is C16H19NO8S. The molecule has 2 saturated heterocycles. The number of rotatable bonds is 8. The quantitative estimate of drug-likeness (QED) is 0.198. The zero-order valence-electron chi connectivity index (χ0n) is 13.9. The van der Waals surface area contributed by atoms with Gasteiger partial charge in [-0.1, -0.05) is 12.7 Å². The van der Waals surface area contributed by atoms with Crippen molar-refractivity contribution in [2.45, 2.75) is 25.0 Å². The zero-order chi connectivity index (χ0) is 19.1. The summed E-state index contributed by atoms with van der Waals surface area (Å²) in [4.78, 5) is 37.2. The highest BCUT2D eigenvalue weighted by Gasteiger charge is 2.62. The van der Waals surface area contributed by atoms with Gasteiger partial charge in [-0.15, -0.1) is 0 Å². The molecule has 2 fully saturated rings. The maximum Gasteiger partial charge on any atom is 0.330 e. The number of esters is 1. The molecule has 0 radical (unpaired) electrons. The summed E-state index contributed by atoms with van der Waals surface area (Å²) in [5.74, 6) is -3.05. The maximum atomic E-state index is 12.6. The van der Waals surface area contributed by atoms with E-state index < -0.39 is 51.8 Å². The molecule has 1 N–H and O–H groups in total. The summed E-state index contributed by atoms with van der Waals surface area (Å²) in [5, 5.41) is 0. The van der Waals surface area contributed by atoms with E-state index in [1.54, 1.807) is 6.08 Å². The highest BCUT2D eigenvalue weighted by atomic mass is 32.2. The van der Waals surface area contributed by atoms with Crippen molar-refractivity contribution in [2.24, 2.45) is 11.8 Å². The standard InChI is InChI=1S/C16H19NO8S/c1-2-11(18)24-6-4-9-8-10-12-13(14(9)25-10)16(20)17(15(12)19)5-3-7-26(21,22)23/h2,8,10,12-14H,1,3-7H2,(H,21,22,23). The molecule has 3 heterocycles. The fourth-order valence-electron chi connectivity index (χ4n) is 3.72. The molecule has 3 aliphatic rings. The molecule has 0 aromatic rings. The van der Waals surface area contributed by atoms with Crippen LogP contribution in [0.5, 0.6) is 0 Å². The molecule has 3 rings (SSSR count). The topological polar surface area (TPSA) is 127 Å². The van der Waals surface area contributed by atoms with Crippen LogP contribution >= 0.6 is 0 Å². The van der Waals surface area contributed by atoms with Gasteiger partial charge in [0.2, 0.25) is 11.8 Å². The Hall–Kier alpha value is -2.04. The number of nitrogens with zero attached hydrogens (tertiary/aromatic N) is 1. The van der Waals surface area contributed by atoms with Crippen molar-refractivity contribution in [3.05, 3.63) is 24.3 Å². The van der Waals surface area contributed by atoms with E-state index in [1.807, 2.05) is 0 Å². The fourth-order valence-corrected chi connectivity index (χ4v) is 4.22. The van der Waals surface area contributed by atoms with Crippen molar-refractivity contribution < 1.29 is 36.8 Å². The van der Waals surface area contributed by atoms with E-state index in [-0.39, 0.29) is 25.5 Å². The number of imide groups is 1. The van der Waals surface area contributed by atoms with Crippen molar-refractivity contribution in [2.75, 3.05) is 18.9 Å². The third-order valence-corrected chi connectivity index (χ3v) is 5.61. The number of likely N-dealkylation sites (tertiary alicyclic amines) is 1. The van der Waals surface area contributed by atoms with Crippen LogP contribution in [0.15, 0.2) is 24.3 Å². The van der Waals surface area contributed by atoms with Crippen molar-refractivity contribution in [3.8, 4) is 0 Å². The van der Waals surface area contributed by atoms with Gasteiger partial charge in [-0.2, -0.15) is 8.42 Å². The highest BCUT2D eigenvalue weighted by Crippen LogP contribution is 2.48. The van der Waals surface area contributed by atoms with Crippen LogP contribution in [-0.2, 0) is 34.0 Å². The molecule has 142 valence electrons. The lowest BCUT2D eigenvalue weighted by molar-refractivity contribution is -0.142. The average Bonchev–Trinajstić information content (AvgIpc) is 3.20. The molecular weight excluding hydrogens is 366 g/mol. The summed E-state index contributed by atoms with van der Waals surface area (Å²) in [5.41, 5.74) is 0.814. The van der Waals surface area contributed by atoms with Gasteiger partial charge in [0, 0.05) is 19.0 Å². The van der Waals surface area contributed by atoms with Crippen molar-refractivity contribution in [1.82, 2.24) is 4.90 Å². The van der Waals surface area contributed by atoms with Crippen LogP contribution in [0.2, 0.25) is 0 Å². The van der Waals surface area contributed by atoms with Gasteiger partial charge in [0.05, 0.1) is 36.4 Å². The summed E-state index contributed by atoms with van der Waals surface area (Å²) >= 11 is 0. The molecule has 2 bridgehead atoms. The Kier molecular flexibility index (Phi) is 5.00. The monoisotopic (exact) mass is 385 g/mol. The summed E-state index contributed by atoms with van der Waals surface area (Å²) in [6, 6.07) is 0. The molecule has 0 aliphatic carbocycles. The van der Waals surface area contributed by atoms with E-state index in [1.165, 1.54) is 0 Å². The Balaban J connectivity index is 1.62. The van der Waals surface area contributed by atoms with Gasteiger partial charge in [-0.05, 0) is 12.0 Å². The first-order valence-electron chi connectivity index (χ1n) is 8.18. The number of fused-ring (bicyclic) bond motifs is 5. The number of amides is 2. The van der Waals surface area contributed by atoms with Crippen molar-refractivity contribution in [1.29, 1.82) is 0 Å². The molecule has 3 aliphatic heterocycles. The molecule has 2 amide bonds. The Morgan fingerprint density at radius 2 is 2.04 bits per heavy atom. The second-order valence-electron chi connectivity index (χ2n) is 6.40. The molecule has 0 aromatic carbocycles. The van der Waals surface area contributed by atoms with Crippen LogP contribution < -0.4 is 0 Å². The van der Waals surface area contributed by atoms with Crippen LogP contribution in [0.25, 0.3) is 0 Å². The van der Waals surface area contributed by atoms with E-state index in [4.69, 9.17) is 14.0 Å². The lowest BCUT2D eigenvalue weighted by atomic mass is 9.80. The van der Waals surface area contributed by atoms with Gasteiger partial charge >= 0.3 is 5.97 Å². The van der Waals surface area contributed by atoms with Gasteiger partial charge < -0.3 is 9.47 Å². The second-order valence-corrected chi connectivity index (χ2v) is 7.98. The molecule has 26 heavy (non-hydrogen) atoms.